The molecular weight excluding hydrogens is 787 g/mol. The van der Waals surface area contributed by atoms with E-state index in [-0.39, 0.29) is 50.5 Å². The molecule has 7 aromatic carbocycles. The zero-order valence-electron chi connectivity index (χ0n) is 30.8. The number of aromatic hydroxyl groups is 2. The number of phenols is 2. The summed E-state index contributed by atoms with van der Waals surface area (Å²) in [7, 11) is -6.72. The fraction of sp³-hybridized carbons (Fsp3) is 0.0732. The summed E-state index contributed by atoms with van der Waals surface area (Å²) in [5, 5.41) is 42.6. The van der Waals surface area contributed by atoms with Gasteiger partial charge in [0.2, 0.25) is 0 Å². The molecule has 15 nitrogen and oxygen atoms in total. The largest absolute Gasteiger partial charge is 0.505 e. The lowest BCUT2D eigenvalue weighted by molar-refractivity contribution is 0.415. The molecule has 0 aromatic heterocycles. The number of anilines is 2. The third kappa shape index (κ3) is 8.00. The number of fused-ring (bicyclic) bond motifs is 2. The Morgan fingerprint density at radius 3 is 1.67 bits per heavy atom. The lowest BCUT2D eigenvalue weighted by atomic mass is 10.0. The van der Waals surface area contributed by atoms with Crippen molar-refractivity contribution in [3.63, 3.8) is 0 Å². The molecule has 0 bridgehead atoms. The second-order valence-corrected chi connectivity index (χ2v) is 15.7. The maximum absolute atomic E-state index is 12.5. The van der Waals surface area contributed by atoms with Gasteiger partial charge in [-0.05, 0) is 90.2 Å². The van der Waals surface area contributed by atoms with Crippen LogP contribution in [0.4, 0.5) is 34.1 Å². The van der Waals surface area contributed by atoms with Crippen molar-refractivity contribution in [3.05, 3.63) is 121 Å². The van der Waals surface area contributed by atoms with Crippen LogP contribution >= 0.6 is 0 Å². The molecule has 0 aliphatic carbocycles. The van der Waals surface area contributed by atoms with Crippen LogP contribution in [0.1, 0.15) is 5.56 Å². The summed E-state index contributed by atoms with van der Waals surface area (Å²) >= 11 is 0. The Hall–Kier alpha value is -6.92. The van der Waals surface area contributed by atoms with E-state index in [0.717, 1.165) is 17.3 Å². The Morgan fingerprint density at radius 1 is 0.534 bits per heavy atom. The fourth-order valence-corrected chi connectivity index (χ4v) is 7.59. The molecule has 17 heteroatoms. The number of methoxy groups -OCH3 is 2. The molecule has 0 atom stereocenters. The van der Waals surface area contributed by atoms with Gasteiger partial charge in [-0.2, -0.15) is 16.8 Å². The molecule has 7 rings (SSSR count). The smallest absolute Gasteiger partial charge is 0.296 e. The second-order valence-electron chi connectivity index (χ2n) is 12.9. The molecule has 0 unspecified atom stereocenters. The van der Waals surface area contributed by atoms with Crippen LogP contribution in [0, 0.1) is 6.92 Å². The predicted octanol–water partition coefficient (Wildman–Crippen LogP) is 10.5. The van der Waals surface area contributed by atoms with Crippen LogP contribution in [0.25, 0.3) is 32.7 Å². The number of azo groups is 2. The number of benzene rings is 7. The standard InChI is InChI=1S/C41H33N5O10S2/c1-23-8-12-27(13-9-23)42-28-14-15-29-26(18-28)21-38(58(52,53)54)39(41(29)48)46-44-33-17-11-25(20-36(33)56-3)24-10-16-32(35(19-24)55-2)43-45-34-22-37(57(49,50)51)30-6-4-5-7-31(30)40(34)47/h4-22,42,47-48H,1-3H3,(H,49,50,51)(H,52,53,54). The summed E-state index contributed by atoms with van der Waals surface area (Å²) < 4.78 is 80.4. The monoisotopic (exact) mass is 819 g/mol. The van der Waals surface area contributed by atoms with Gasteiger partial charge in [0.05, 0.1) is 14.2 Å². The average Bonchev–Trinajstić information content (AvgIpc) is 3.20. The van der Waals surface area contributed by atoms with Crippen molar-refractivity contribution in [1.82, 2.24) is 0 Å². The molecule has 0 fully saturated rings. The molecule has 0 saturated heterocycles. The summed E-state index contributed by atoms with van der Waals surface area (Å²) in [6.07, 6.45) is 0. The maximum atomic E-state index is 12.5. The Labute approximate surface area is 332 Å². The fourth-order valence-electron chi connectivity index (χ4n) is 6.22. The minimum Gasteiger partial charge on any atom is -0.505 e. The molecule has 0 heterocycles. The number of phenolic OH excluding ortho intramolecular Hbond substituents is 2. The van der Waals surface area contributed by atoms with E-state index in [2.05, 4.69) is 25.8 Å². The first-order valence-electron chi connectivity index (χ1n) is 17.2. The van der Waals surface area contributed by atoms with Gasteiger partial charge in [0, 0.05) is 27.5 Å². The average molecular weight is 820 g/mol. The number of rotatable bonds is 11. The first-order chi connectivity index (χ1) is 27.6. The van der Waals surface area contributed by atoms with Crippen molar-refractivity contribution in [3.8, 4) is 34.1 Å². The van der Waals surface area contributed by atoms with E-state index in [4.69, 9.17) is 9.47 Å². The van der Waals surface area contributed by atoms with Gasteiger partial charge in [0.25, 0.3) is 20.2 Å². The number of ether oxygens (including phenoxy) is 2. The molecule has 0 saturated carbocycles. The highest BCUT2D eigenvalue weighted by Gasteiger charge is 2.23. The van der Waals surface area contributed by atoms with E-state index in [1.807, 2.05) is 31.2 Å². The summed E-state index contributed by atoms with van der Waals surface area (Å²) in [6.45, 7) is 1.97. The first kappa shape index (κ1) is 39.3. The van der Waals surface area contributed by atoms with E-state index in [1.165, 1.54) is 32.4 Å². The molecule has 7 aromatic rings. The zero-order valence-corrected chi connectivity index (χ0v) is 32.4. The lowest BCUT2D eigenvalue weighted by Crippen LogP contribution is -1.99. The Bertz CT molecular complexity index is 3050. The van der Waals surface area contributed by atoms with E-state index in [0.29, 0.717) is 22.2 Å². The highest BCUT2D eigenvalue weighted by Crippen LogP contribution is 2.44. The van der Waals surface area contributed by atoms with Gasteiger partial charge in [0.1, 0.15) is 44.0 Å². The molecule has 294 valence electrons. The predicted molar refractivity (Wildman–Crippen MR) is 219 cm³/mol. The van der Waals surface area contributed by atoms with Crippen LogP contribution in [0.15, 0.2) is 146 Å². The number of aryl methyl sites for hydroxylation is 1. The molecular formula is C41H33N5O10S2. The minimum atomic E-state index is -4.87. The van der Waals surface area contributed by atoms with Crippen LogP contribution in [0.5, 0.6) is 23.0 Å². The maximum Gasteiger partial charge on any atom is 0.296 e. The third-order valence-corrected chi connectivity index (χ3v) is 10.9. The third-order valence-electron chi connectivity index (χ3n) is 9.12. The number of hydrogen-bond donors (Lipinski definition) is 5. The summed E-state index contributed by atoms with van der Waals surface area (Å²) in [5.41, 5.74) is 3.49. The van der Waals surface area contributed by atoms with E-state index >= 15 is 0 Å². The molecule has 0 radical (unpaired) electrons. The van der Waals surface area contributed by atoms with Gasteiger partial charge in [-0.3, -0.25) is 9.11 Å². The van der Waals surface area contributed by atoms with Gasteiger partial charge in [-0.15, -0.1) is 20.5 Å². The van der Waals surface area contributed by atoms with E-state index in [9.17, 15) is 36.2 Å². The van der Waals surface area contributed by atoms with Crippen LogP contribution in [0.2, 0.25) is 0 Å². The molecule has 58 heavy (non-hydrogen) atoms. The van der Waals surface area contributed by atoms with Crippen molar-refractivity contribution in [2.24, 2.45) is 20.5 Å². The summed E-state index contributed by atoms with van der Waals surface area (Å²) in [5.74, 6) is -0.351. The molecule has 0 aliphatic rings. The van der Waals surface area contributed by atoms with E-state index in [1.54, 1.807) is 66.7 Å². The molecule has 0 amide bonds. The molecule has 0 spiro atoms. The van der Waals surface area contributed by atoms with Gasteiger partial charge >= 0.3 is 0 Å². The van der Waals surface area contributed by atoms with Gasteiger partial charge < -0.3 is 25.0 Å². The molecule has 0 aliphatic heterocycles. The number of hydrogen-bond acceptors (Lipinski definition) is 13. The highest BCUT2D eigenvalue weighted by atomic mass is 32.2. The van der Waals surface area contributed by atoms with Crippen LogP contribution in [0.3, 0.4) is 0 Å². The summed E-state index contributed by atoms with van der Waals surface area (Å²) in [4.78, 5) is -1.09. The Morgan fingerprint density at radius 2 is 1.09 bits per heavy atom. The van der Waals surface area contributed by atoms with Crippen molar-refractivity contribution in [2.75, 3.05) is 19.5 Å². The number of nitrogens with zero attached hydrogens (tertiary/aromatic N) is 4. The first-order valence-corrected chi connectivity index (χ1v) is 20.1. The van der Waals surface area contributed by atoms with Crippen molar-refractivity contribution >= 4 is 75.9 Å². The van der Waals surface area contributed by atoms with Gasteiger partial charge in [0.15, 0.2) is 11.5 Å². The molecule has 5 N–H and O–H groups in total. The van der Waals surface area contributed by atoms with E-state index < -0.39 is 41.5 Å². The van der Waals surface area contributed by atoms with Crippen LogP contribution in [-0.4, -0.2) is 50.4 Å². The quantitative estimate of drug-likeness (QED) is 0.0609. The topological polar surface area (TPSA) is 229 Å². The van der Waals surface area contributed by atoms with Crippen LogP contribution < -0.4 is 14.8 Å². The normalized spacial score (nSPS) is 12.2. The Balaban J connectivity index is 1.18. The van der Waals surface area contributed by atoms with Gasteiger partial charge in [-0.25, -0.2) is 0 Å². The number of nitrogens with one attached hydrogen (secondary N) is 1. The van der Waals surface area contributed by atoms with Crippen LogP contribution in [-0.2, 0) is 20.2 Å². The second kappa shape index (κ2) is 15.5. The zero-order chi connectivity index (χ0) is 41.4. The summed E-state index contributed by atoms with van der Waals surface area (Å²) in [6, 6.07) is 30.7. The minimum absolute atomic E-state index is 0.113. The SMILES string of the molecule is COc1cc(-c2ccc(N=Nc3c(S(=O)(=O)O)cc4cc(Nc5ccc(C)cc5)ccc4c3O)c(OC)c2)ccc1N=Nc1cc(S(=O)(=O)O)c2ccccc2c1O. The van der Waals surface area contributed by atoms with Crippen molar-refractivity contribution in [2.45, 2.75) is 16.7 Å². The van der Waals surface area contributed by atoms with Crippen molar-refractivity contribution < 1.29 is 45.6 Å². The van der Waals surface area contributed by atoms with Gasteiger partial charge in [-0.1, -0.05) is 54.1 Å². The lowest BCUT2D eigenvalue weighted by Gasteiger charge is -2.12. The Kier molecular flexibility index (Phi) is 10.5. The highest BCUT2D eigenvalue weighted by molar-refractivity contribution is 7.86. The van der Waals surface area contributed by atoms with Crippen molar-refractivity contribution in [1.29, 1.82) is 0 Å².